The van der Waals surface area contributed by atoms with Gasteiger partial charge in [0.2, 0.25) is 5.91 Å². The van der Waals surface area contributed by atoms with Crippen molar-refractivity contribution < 1.29 is 13.2 Å². The molecule has 0 aromatic heterocycles. The minimum absolute atomic E-state index is 0.00858. The highest BCUT2D eigenvalue weighted by Crippen LogP contribution is 2.21. The summed E-state index contributed by atoms with van der Waals surface area (Å²) in [6.45, 7) is 9.60. The Morgan fingerprint density at radius 2 is 1.74 bits per heavy atom. The molecular formula is C14H27NO3S. The van der Waals surface area contributed by atoms with Crippen molar-refractivity contribution in [3.8, 4) is 0 Å². The molecule has 0 N–H and O–H groups in total. The van der Waals surface area contributed by atoms with Gasteiger partial charge in [-0.25, -0.2) is 8.42 Å². The summed E-state index contributed by atoms with van der Waals surface area (Å²) in [5.74, 6) is 1.30. The molecule has 1 rings (SSSR count). The second kappa shape index (κ2) is 6.73. The van der Waals surface area contributed by atoms with Gasteiger partial charge in [0.15, 0.2) is 9.84 Å². The summed E-state index contributed by atoms with van der Waals surface area (Å²) in [6, 6.07) is 0. The second-order valence-corrected chi connectivity index (χ2v) is 8.73. The molecule has 1 saturated heterocycles. The van der Waals surface area contributed by atoms with Crippen LogP contribution in [-0.2, 0) is 14.6 Å². The van der Waals surface area contributed by atoms with Crippen molar-refractivity contribution in [3.63, 3.8) is 0 Å². The van der Waals surface area contributed by atoms with Crippen LogP contribution in [0, 0.1) is 17.8 Å². The lowest BCUT2D eigenvalue weighted by atomic mass is 9.92. The number of sulfone groups is 1. The molecule has 2 atom stereocenters. The van der Waals surface area contributed by atoms with Crippen molar-refractivity contribution in [3.05, 3.63) is 0 Å². The quantitative estimate of drug-likeness (QED) is 0.777. The van der Waals surface area contributed by atoms with Crippen LogP contribution in [0.5, 0.6) is 0 Å². The zero-order valence-electron chi connectivity index (χ0n) is 12.6. The summed E-state index contributed by atoms with van der Waals surface area (Å²) >= 11 is 0. The van der Waals surface area contributed by atoms with E-state index in [0.717, 1.165) is 19.5 Å². The topological polar surface area (TPSA) is 54.5 Å². The fourth-order valence-electron chi connectivity index (χ4n) is 2.86. The Kier molecular flexibility index (Phi) is 5.83. The zero-order chi connectivity index (χ0) is 14.6. The Morgan fingerprint density at radius 3 is 2.21 bits per heavy atom. The van der Waals surface area contributed by atoms with Gasteiger partial charge in [-0.1, -0.05) is 27.7 Å². The first-order valence-corrected chi connectivity index (χ1v) is 9.00. The molecule has 4 nitrogen and oxygen atoms in total. The molecule has 19 heavy (non-hydrogen) atoms. The Labute approximate surface area is 117 Å². The number of hydrogen-bond acceptors (Lipinski definition) is 3. The standard InChI is InChI=1S/C14H27NO3S/c1-11(2)10-19(17,18)6-5-14(16)15-8-12(3)7-13(4)9-15/h11-13H,5-10H2,1-4H3/t12-,13-/m0/s1. The molecule has 0 radical (unpaired) electrons. The van der Waals surface area contributed by atoms with Crippen LogP contribution in [0.1, 0.15) is 40.5 Å². The van der Waals surface area contributed by atoms with Crippen LogP contribution in [0.25, 0.3) is 0 Å². The molecule has 1 amide bonds. The van der Waals surface area contributed by atoms with Gasteiger partial charge in [0.05, 0.1) is 11.5 Å². The summed E-state index contributed by atoms with van der Waals surface area (Å²) in [4.78, 5) is 13.9. The predicted octanol–water partition coefficient (Wildman–Crippen LogP) is 1.95. The van der Waals surface area contributed by atoms with Crippen LogP contribution in [0.2, 0.25) is 0 Å². The van der Waals surface area contributed by atoms with Crippen molar-refractivity contribution >= 4 is 15.7 Å². The van der Waals surface area contributed by atoms with E-state index in [4.69, 9.17) is 0 Å². The Balaban J connectivity index is 2.47. The third-order valence-electron chi connectivity index (χ3n) is 3.44. The van der Waals surface area contributed by atoms with Crippen molar-refractivity contribution in [2.45, 2.75) is 40.5 Å². The lowest BCUT2D eigenvalue weighted by Crippen LogP contribution is -2.43. The van der Waals surface area contributed by atoms with E-state index in [-0.39, 0.29) is 29.8 Å². The number of carbonyl (C=O) groups is 1. The maximum atomic E-state index is 12.1. The molecule has 0 unspecified atom stereocenters. The molecule has 112 valence electrons. The predicted molar refractivity (Wildman–Crippen MR) is 77.6 cm³/mol. The summed E-state index contributed by atoms with van der Waals surface area (Å²) < 4.78 is 23.6. The largest absolute Gasteiger partial charge is 0.342 e. The van der Waals surface area contributed by atoms with Crippen LogP contribution in [0.15, 0.2) is 0 Å². The van der Waals surface area contributed by atoms with E-state index in [2.05, 4.69) is 13.8 Å². The number of hydrogen-bond donors (Lipinski definition) is 0. The van der Waals surface area contributed by atoms with E-state index in [1.54, 1.807) is 0 Å². The van der Waals surface area contributed by atoms with Crippen LogP contribution in [-0.4, -0.2) is 43.8 Å². The molecule has 1 heterocycles. The van der Waals surface area contributed by atoms with E-state index in [1.807, 2.05) is 18.7 Å². The van der Waals surface area contributed by atoms with Crippen LogP contribution in [0.3, 0.4) is 0 Å². The lowest BCUT2D eigenvalue weighted by Gasteiger charge is -2.35. The molecule has 0 aliphatic carbocycles. The van der Waals surface area contributed by atoms with Gasteiger partial charge in [-0.15, -0.1) is 0 Å². The molecule has 0 bridgehead atoms. The van der Waals surface area contributed by atoms with E-state index >= 15 is 0 Å². The monoisotopic (exact) mass is 289 g/mol. The molecule has 0 saturated carbocycles. The van der Waals surface area contributed by atoms with Crippen molar-refractivity contribution in [1.29, 1.82) is 0 Å². The van der Waals surface area contributed by atoms with Crippen LogP contribution < -0.4 is 0 Å². The number of amides is 1. The molecule has 1 fully saturated rings. The van der Waals surface area contributed by atoms with Gasteiger partial charge in [-0.2, -0.15) is 0 Å². The maximum Gasteiger partial charge on any atom is 0.223 e. The highest BCUT2D eigenvalue weighted by molar-refractivity contribution is 7.91. The first-order valence-electron chi connectivity index (χ1n) is 7.18. The number of rotatable bonds is 5. The SMILES string of the molecule is CC(C)CS(=O)(=O)CCC(=O)N1C[C@@H](C)C[C@H](C)C1. The number of carbonyl (C=O) groups excluding carboxylic acids is 1. The second-order valence-electron chi connectivity index (χ2n) is 6.50. The summed E-state index contributed by atoms with van der Waals surface area (Å²) in [5, 5.41) is 0. The van der Waals surface area contributed by atoms with Crippen molar-refractivity contribution in [1.82, 2.24) is 4.90 Å². The first-order chi connectivity index (χ1) is 8.69. The van der Waals surface area contributed by atoms with Crippen molar-refractivity contribution in [2.24, 2.45) is 17.8 Å². The maximum absolute atomic E-state index is 12.1. The van der Waals surface area contributed by atoms with E-state index < -0.39 is 9.84 Å². The van der Waals surface area contributed by atoms with Crippen molar-refractivity contribution in [2.75, 3.05) is 24.6 Å². The molecule has 0 spiro atoms. The number of likely N-dealkylation sites (tertiary alicyclic amines) is 1. The average molecular weight is 289 g/mol. The summed E-state index contributed by atoms with van der Waals surface area (Å²) in [5.41, 5.74) is 0. The zero-order valence-corrected chi connectivity index (χ0v) is 13.4. The van der Waals surface area contributed by atoms with Crippen LogP contribution in [0.4, 0.5) is 0 Å². The van der Waals surface area contributed by atoms with Gasteiger partial charge >= 0.3 is 0 Å². The van der Waals surface area contributed by atoms with Gasteiger partial charge < -0.3 is 4.90 Å². The third-order valence-corrected chi connectivity index (χ3v) is 5.44. The highest BCUT2D eigenvalue weighted by atomic mass is 32.2. The minimum atomic E-state index is -3.09. The minimum Gasteiger partial charge on any atom is -0.342 e. The van der Waals surface area contributed by atoms with Gasteiger partial charge in [-0.3, -0.25) is 4.79 Å². The fourth-order valence-corrected chi connectivity index (χ4v) is 4.53. The van der Waals surface area contributed by atoms with E-state index in [1.165, 1.54) is 0 Å². The Hall–Kier alpha value is -0.580. The van der Waals surface area contributed by atoms with Gasteiger partial charge in [0.25, 0.3) is 0 Å². The van der Waals surface area contributed by atoms with E-state index in [9.17, 15) is 13.2 Å². The average Bonchev–Trinajstić information content (AvgIpc) is 2.22. The van der Waals surface area contributed by atoms with Gasteiger partial charge in [-0.05, 0) is 24.2 Å². The molecule has 1 aliphatic heterocycles. The summed E-state index contributed by atoms with van der Waals surface area (Å²) in [6.07, 6.45) is 1.28. The fraction of sp³-hybridized carbons (Fsp3) is 0.929. The van der Waals surface area contributed by atoms with E-state index in [0.29, 0.717) is 11.8 Å². The first kappa shape index (κ1) is 16.5. The Bertz CT molecular complexity index is 393. The Morgan fingerprint density at radius 1 is 1.21 bits per heavy atom. The normalized spacial score (nSPS) is 24.8. The molecule has 0 aromatic carbocycles. The van der Waals surface area contributed by atoms with Crippen LogP contribution >= 0.6 is 0 Å². The van der Waals surface area contributed by atoms with Gasteiger partial charge in [0.1, 0.15) is 0 Å². The highest BCUT2D eigenvalue weighted by Gasteiger charge is 2.26. The molecular weight excluding hydrogens is 262 g/mol. The lowest BCUT2D eigenvalue weighted by molar-refractivity contribution is -0.133. The molecule has 5 heteroatoms. The molecule has 1 aliphatic rings. The number of piperidine rings is 1. The smallest absolute Gasteiger partial charge is 0.223 e. The summed E-state index contributed by atoms with van der Waals surface area (Å²) in [7, 11) is -3.09. The third kappa shape index (κ3) is 5.93. The molecule has 0 aromatic rings. The van der Waals surface area contributed by atoms with Gasteiger partial charge in [0, 0.05) is 19.5 Å². The number of nitrogens with zero attached hydrogens (tertiary/aromatic N) is 1.